The van der Waals surface area contributed by atoms with Crippen LogP contribution < -0.4 is 5.32 Å². The average molecular weight is 226 g/mol. The van der Waals surface area contributed by atoms with Gasteiger partial charge in [-0.15, -0.1) is 0 Å². The molecule has 1 N–H and O–H groups in total. The largest absolute Gasteiger partial charge is 0.411 e. The Bertz CT molecular complexity index is 187. The lowest BCUT2D eigenvalue weighted by molar-refractivity contribution is -0.174. The quantitative estimate of drug-likeness (QED) is 0.719. The highest BCUT2D eigenvalue weighted by molar-refractivity contribution is 4.75. The standard InChI is InChI=1S/C9H17F3N2O/c1-8-6-13-2-3-14(8)4-5-15-7-9(10,11)12/h8,13H,2-7H2,1H3/t8-/m0/s1. The molecule has 15 heavy (non-hydrogen) atoms. The summed E-state index contributed by atoms with van der Waals surface area (Å²) in [5.41, 5.74) is 0. The van der Waals surface area contributed by atoms with E-state index in [0.29, 0.717) is 12.6 Å². The van der Waals surface area contributed by atoms with Crippen LogP contribution >= 0.6 is 0 Å². The maximum Gasteiger partial charge on any atom is 0.411 e. The predicted octanol–water partition coefficient (Wildman–Crippen LogP) is 0.859. The van der Waals surface area contributed by atoms with E-state index in [1.54, 1.807) is 0 Å². The molecule has 1 aliphatic heterocycles. The van der Waals surface area contributed by atoms with Crippen LogP contribution in [0.2, 0.25) is 0 Å². The minimum Gasteiger partial charge on any atom is -0.371 e. The van der Waals surface area contributed by atoms with E-state index in [-0.39, 0.29) is 6.61 Å². The SMILES string of the molecule is C[C@H]1CNCCN1CCOCC(F)(F)F. The van der Waals surface area contributed by atoms with Crippen LogP contribution in [-0.4, -0.2) is 56.5 Å². The minimum atomic E-state index is -4.21. The molecule has 3 nitrogen and oxygen atoms in total. The lowest BCUT2D eigenvalue weighted by Gasteiger charge is -2.33. The fraction of sp³-hybridized carbons (Fsp3) is 1.00. The molecule has 90 valence electrons. The molecular weight excluding hydrogens is 209 g/mol. The van der Waals surface area contributed by atoms with Gasteiger partial charge in [-0.1, -0.05) is 0 Å². The first-order valence-corrected chi connectivity index (χ1v) is 5.08. The summed E-state index contributed by atoms with van der Waals surface area (Å²) >= 11 is 0. The smallest absolute Gasteiger partial charge is 0.371 e. The zero-order chi connectivity index (χ0) is 11.3. The van der Waals surface area contributed by atoms with Crippen molar-refractivity contribution in [2.45, 2.75) is 19.1 Å². The van der Waals surface area contributed by atoms with Crippen LogP contribution in [0.15, 0.2) is 0 Å². The van der Waals surface area contributed by atoms with E-state index in [2.05, 4.69) is 21.9 Å². The van der Waals surface area contributed by atoms with Crippen LogP contribution in [0.3, 0.4) is 0 Å². The summed E-state index contributed by atoms with van der Waals surface area (Å²) in [6.07, 6.45) is -4.21. The zero-order valence-electron chi connectivity index (χ0n) is 8.81. The van der Waals surface area contributed by atoms with Crippen molar-refractivity contribution in [1.29, 1.82) is 0 Å². The fourth-order valence-electron chi connectivity index (χ4n) is 1.58. The van der Waals surface area contributed by atoms with E-state index < -0.39 is 12.8 Å². The summed E-state index contributed by atoms with van der Waals surface area (Å²) in [5, 5.41) is 3.22. The van der Waals surface area contributed by atoms with Crippen LogP contribution in [0.1, 0.15) is 6.92 Å². The molecule has 0 aromatic carbocycles. The lowest BCUT2D eigenvalue weighted by Crippen LogP contribution is -2.50. The minimum absolute atomic E-state index is 0.143. The molecule has 0 radical (unpaired) electrons. The van der Waals surface area contributed by atoms with E-state index in [9.17, 15) is 13.2 Å². The van der Waals surface area contributed by atoms with Gasteiger partial charge < -0.3 is 10.1 Å². The van der Waals surface area contributed by atoms with Gasteiger partial charge in [-0.2, -0.15) is 13.2 Å². The van der Waals surface area contributed by atoms with Crippen molar-refractivity contribution < 1.29 is 17.9 Å². The number of alkyl halides is 3. The summed E-state index contributed by atoms with van der Waals surface area (Å²) in [6, 6.07) is 0.369. The number of nitrogens with zero attached hydrogens (tertiary/aromatic N) is 1. The van der Waals surface area contributed by atoms with Gasteiger partial charge in [0.1, 0.15) is 6.61 Å². The van der Waals surface area contributed by atoms with Gasteiger partial charge in [0.05, 0.1) is 6.61 Å². The van der Waals surface area contributed by atoms with Gasteiger partial charge in [-0.3, -0.25) is 4.90 Å². The highest BCUT2D eigenvalue weighted by Crippen LogP contribution is 2.14. The highest BCUT2D eigenvalue weighted by atomic mass is 19.4. The maximum absolute atomic E-state index is 11.7. The van der Waals surface area contributed by atoms with Gasteiger partial charge in [0.25, 0.3) is 0 Å². The summed E-state index contributed by atoms with van der Waals surface area (Å²) in [4.78, 5) is 2.13. The summed E-state index contributed by atoms with van der Waals surface area (Å²) < 4.78 is 39.8. The second-order valence-corrected chi connectivity index (χ2v) is 3.76. The molecule has 1 aliphatic rings. The number of hydrogen-bond acceptors (Lipinski definition) is 3. The first-order valence-electron chi connectivity index (χ1n) is 5.08. The number of nitrogens with one attached hydrogen (secondary N) is 1. The third-order valence-electron chi connectivity index (χ3n) is 2.43. The molecule has 1 fully saturated rings. The highest BCUT2D eigenvalue weighted by Gasteiger charge is 2.27. The van der Waals surface area contributed by atoms with Gasteiger partial charge in [0, 0.05) is 32.2 Å². The molecule has 0 spiro atoms. The van der Waals surface area contributed by atoms with Crippen molar-refractivity contribution in [3.05, 3.63) is 0 Å². The Kier molecular flexibility index (Phi) is 4.82. The van der Waals surface area contributed by atoms with Crippen molar-refractivity contribution in [2.75, 3.05) is 39.4 Å². The topological polar surface area (TPSA) is 24.5 Å². The molecule has 0 saturated carbocycles. The van der Waals surface area contributed by atoms with Crippen LogP contribution in [0.25, 0.3) is 0 Å². The van der Waals surface area contributed by atoms with Crippen molar-refractivity contribution in [3.63, 3.8) is 0 Å². The fourth-order valence-corrected chi connectivity index (χ4v) is 1.58. The lowest BCUT2D eigenvalue weighted by atomic mass is 10.2. The molecule has 0 unspecified atom stereocenters. The van der Waals surface area contributed by atoms with Crippen molar-refractivity contribution >= 4 is 0 Å². The number of halogens is 3. The summed E-state index contributed by atoms with van der Waals surface area (Å²) in [6.45, 7) is 4.27. The first-order chi connectivity index (χ1) is 6.99. The van der Waals surface area contributed by atoms with Crippen molar-refractivity contribution in [2.24, 2.45) is 0 Å². The maximum atomic E-state index is 11.7. The molecule has 0 aromatic rings. The summed E-state index contributed by atoms with van der Waals surface area (Å²) in [7, 11) is 0. The van der Waals surface area contributed by atoms with Crippen LogP contribution in [0, 0.1) is 0 Å². The number of rotatable bonds is 4. The molecule has 6 heteroatoms. The van der Waals surface area contributed by atoms with E-state index in [4.69, 9.17) is 0 Å². The van der Waals surface area contributed by atoms with Gasteiger partial charge in [0.2, 0.25) is 0 Å². The Morgan fingerprint density at radius 3 is 2.80 bits per heavy atom. The van der Waals surface area contributed by atoms with E-state index in [0.717, 1.165) is 19.6 Å². The van der Waals surface area contributed by atoms with Crippen LogP contribution in [0.5, 0.6) is 0 Å². The zero-order valence-corrected chi connectivity index (χ0v) is 8.81. The molecule has 0 bridgehead atoms. The Balaban J connectivity index is 2.08. The second kappa shape index (κ2) is 5.67. The third-order valence-corrected chi connectivity index (χ3v) is 2.43. The number of ether oxygens (including phenoxy) is 1. The average Bonchev–Trinajstić information content (AvgIpc) is 2.13. The van der Waals surface area contributed by atoms with E-state index >= 15 is 0 Å². The molecule has 0 amide bonds. The normalized spacial score (nSPS) is 24.4. The van der Waals surface area contributed by atoms with Crippen molar-refractivity contribution in [1.82, 2.24) is 10.2 Å². The molecule has 1 saturated heterocycles. The Hall–Kier alpha value is -0.330. The van der Waals surface area contributed by atoms with E-state index in [1.165, 1.54) is 0 Å². The monoisotopic (exact) mass is 226 g/mol. The summed E-state index contributed by atoms with van der Waals surface area (Å²) in [5.74, 6) is 0. The van der Waals surface area contributed by atoms with Gasteiger partial charge >= 0.3 is 6.18 Å². The number of piperazine rings is 1. The molecule has 0 aliphatic carbocycles. The van der Waals surface area contributed by atoms with Crippen LogP contribution in [0.4, 0.5) is 13.2 Å². The molecular formula is C9H17F3N2O. The van der Waals surface area contributed by atoms with Crippen molar-refractivity contribution in [3.8, 4) is 0 Å². The third kappa shape index (κ3) is 5.34. The van der Waals surface area contributed by atoms with Crippen LogP contribution in [-0.2, 0) is 4.74 Å². The molecule has 1 atom stereocenters. The van der Waals surface area contributed by atoms with Gasteiger partial charge in [-0.25, -0.2) is 0 Å². The predicted molar refractivity (Wildman–Crippen MR) is 50.8 cm³/mol. The Morgan fingerprint density at radius 1 is 1.47 bits per heavy atom. The Morgan fingerprint density at radius 2 is 2.20 bits per heavy atom. The van der Waals surface area contributed by atoms with E-state index in [1.807, 2.05) is 0 Å². The Labute approximate surface area is 87.6 Å². The molecule has 0 aromatic heterocycles. The first kappa shape index (κ1) is 12.7. The van der Waals surface area contributed by atoms with Gasteiger partial charge in [-0.05, 0) is 6.92 Å². The molecule has 1 rings (SSSR count). The number of hydrogen-bond donors (Lipinski definition) is 1. The second-order valence-electron chi connectivity index (χ2n) is 3.76. The molecule has 1 heterocycles. The van der Waals surface area contributed by atoms with Gasteiger partial charge in [0.15, 0.2) is 0 Å².